The molecule has 0 atom stereocenters. The number of hydrogen-bond donors (Lipinski definition) is 1. The number of rotatable bonds is 1. The Morgan fingerprint density at radius 2 is 2.00 bits per heavy atom. The van der Waals surface area contributed by atoms with Crippen LogP contribution in [-0.2, 0) is 4.79 Å². The van der Waals surface area contributed by atoms with Gasteiger partial charge in [-0.2, -0.15) is 0 Å². The van der Waals surface area contributed by atoms with E-state index in [0.29, 0.717) is 5.56 Å². The van der Waals surface area contributed by atoms with E-state index in [-0.39, 0.29) is 12.2 Å². The maximum absolute atomic E-state index is 10.2. The second kappa shape index (κ2) is 4.50. The van der Waals surface area contributed by atoms with Crippen molar-refractivity contribution >= 4 is 17.1 Å². The maximum Gasteiger partial charge on any atom is 0.131 e. The Morgan fingerprint density at radius 1 is 1.19 bits per heavy atom. The van der Waals surface area contributed by atoms with Crippen molar-refractivity contribution in [2.75, 3.05) is 0 Å². The van der Waals surface area contributed by atoms with E-state index in [0.717, 1.165) is 17.1 Å². The van der Waals surface area contributed by atoms with E-state index < -0.39 is 0 Å². The van der Waals surface area contributed by atoms with Gasteiger partial charge >= 0.3 is 0 Å². The van der Waals surface area contributed by atoms with Gasteiger partial charge in [-0.3, -0.25) is 0 Å². The minimum absolute atomic E-state index is 0.150. The summed E-state index contributed by atoms with van der Waals surface area (Å²) in [4.78, 5) is 10.2. The highest BCUT2D eigenvalue weighted by atomic mass is 16.3. The second-order valence-corrected chi connectivity index (χ2v) is 3.35. The quantitative estimate of drug-likeness (QED) is 0.580. The lowest BCUT2D eigenvalue weighted by atomic mass is 10.0. The molecule has 0 saturated carbocycles. The van der Waals surface area contributed by atoms with Crippen LogP contribution in [0.3, 0.4) is 0 Å². The third-order valence-corrected chi connectivity index (χ3v) is 2.31. The van der Waals surface area contributed by atoms with Gasteiger partial charge in [0.15, 0.2) is 0 Å². The Morgan fingerprint density at radius 3 is 2.81 bits per heavy atom. The molecular formula is C14H10O2. The summed E-state index contributed by atoms with van der Waals surface area (Å²) in [5.41, 5.74) is 0.583. The highest BCUT2D eigenvalue weighted by Crippen LogP contribution is 2.25. The normalized spacial score (nSPS) is 9.50. The fourth-order valence-corrected chi connectivity index (χ4v) is 1.57. The van der Waals surface area contributed by atoms with Crippen LogP contribution < -0.4 is 0 Å². The fourth-order valence-electron chi connectivity index (χ4n) is 1.57. The van der Waals surface area contributed by atoms with Gasteiger partial charge in [0.2, 0.25) is 0 Å². The standard InChI is InChI=1S/C14H10O2/c15-10-4-3-7-13-12-6-2-1-5-11(12)8-9-14(13)16/h1-2,5-6,8-10,16H,4H2. The van der Waals surface area contributed by atoms with E-state index in [1.165, 1.54) is 0 Å². The summed E-state index contributed by atoms with van der Waals surface area (Å²) in [6.45, 7) is 0. The molecule has 1 N–H and O–H groups in total. The summed E-state index contributed by atoms with van der Waals surface area (Å²) in [7, 11) is 0. The summed E-state index contributed by atoms with van der Waals surface area (Å²) in [5.74, 6) is 5.68. The molecule has 0 bridgehead atoms. The molecular weight excluding hydrogens is 200 g/mol. The Hall–Kier alpha value is -2.27. The summed E-state index contributed by atoms with van der Waals surface area (Å²) in [6, 6.07) is 11.1. The van der Waals surface area contributed by atoms with Gasteiger partial charge in [0.05, 0.1) is 12.0 Å². The van der Waals surface area contributed by atoms with E-state index in [1.807, 2.05) is 30.3 Å². The van der Waals surface area contributed by atoms with E-state index in [4.69, 9.17) is 0 Å². The van der Waals surface area contributed by atoms with Crippen LogP contribution in [0.4, 0.5) is 0 Å². The summed E-state index contributed by atoms with van der Waals surface area (Å²) < 4.78 is 0. The summed E-state index contributed by atoms with van der Waals surface area (Å²) in [6.07, 6.45) is 0.928. The van der Waals surface area contributed by atoms with E-state index in [9.17, 15) is 9.90 Å². The lowest BCUT2D eigenvalue weighted by Crippen LogP contribution is -1.81. The van der Waals surface area contributed by atoms with E-state index >= 15 is 0 Å². The van der Waals surface area contributed by atoms with E-state index in [2.05, 4.69) is 11.8 Å². The highest BCUT2D eigenvalue weighted by molar-refractivity contribution is 5.90. The third kappa shape index (κ3) is 1.89. The predicted molar refractivity (Wildman–Crippen MR) is 63.2 cm³/mol. The van der Waals surface area contributed by atoms with Crippen molar-refractivity contribution in [2.24, 2.45) is 0 Å². The smallest absolute Gasteiger partial charge is 0.131 e. The molecule has 0 aliphatic carbocycles. The second-order valence-electron chi connectivity index (χ2n) is 3.35. The first-order chi connectivity index (χ1) is 7.83. The number of aldehydes is 1. The largest absolute Gasteiger partial charge is 0.507 e. The zero-order valence-electron chi connectivity index (χ0n) is 8.60. The van der Waals surface area contributed by atoms with Gasteiger partial charge < -0.3 is 9.90 Å². The predicted octanol–water partition coefficient (Wildman–Crippen LogP) is 2.49. The van der Waals surface area contributed by atoms with Gasteiger partial charge in [0.25, 0.3) is 0 Å². The number of phenols is 1. The first kappa shape index (κ1) is 10.3. The summed E-state index contributed by atoms with van der Waals surface area (Å²) >= 11 is 0. The van der Waals surface area contributed by atoms with Gasteiger partial charge in [0.1, 0.15) is 12.0 Å². The van der Waals surface area contributed by atoms with Crippen LogP contribution in [0.1, 0.15) is 12.0 Å². The fraction of sp³-hybridized carbons (Fsp3) is 0.0714. The van der Waals surface area contributed by atoms with Crippen molar-refractivity contribution in [1.29, 1.82) is 0 Å². The first-order valence-electron chi connectivity index (χ1n) is 4.96. The van der Waals surface area contributed by atoms with Crippen LogP contribution in [0.25, 0.3) is 10.8 Å². The number of hydrogen-bond acceptors (Lipinski definition) is 2. The van der Waals surface area contributed by atoms with Crippen molar-refractivity contribution in [3.63, 3.8) is 0 Å². The SMILES string of the molecule is O=CCC#Cc1c(O)ccc2ccccc12. The van der Waals surface area contributed by atoms with Crippen LogP contribution in [0.2, 0.25) is 0 Å². The average molecular weight is 210 g/mol. The number of phenolic OH excluding ortho intramolecular Hbond substituents is 1. The lowest BCUT2D eigenvalue weighted by Gasteiger charge is -2.02. The van der Waals surface area contributed by atoms with Gasteiger partial charge in [0, 0.05) is 5.39 Å². The average Bonchev–Trinajstić information content (AvgIpc) is 2.32. The Kier molecular flexibility index (Phi) is 2.88. The van der Waals surface area contributed by atoms with Crippen LogP contribution >= 0.6 is 0 Å². The minimum atomic E-state index is 0.150. The molecule has 2 aromatic carbocycles. The molecule has 0 radical (unpaired) electrons. The molecule has 0 aliphatic rings. The van der Waals surface area contributed by atoms with Crippen molar-refractivity contribution in [1.82, 2.24) is 0 Å². The van der Waals surface area contributed by atoms with Gasteiger partial charge in [-0.25, -0.2) is 0 Å². The van der Waals surface area contributed by atoms with Crippen LogP contribution in [-0.4, -0.2) is 11.4 Å². The topological polar surface area (TPSA) is 37.3 Å². The van der Waals surface area contributed by atoms with Crippen molar-refractivity contribution in [3.8, 4) is 17.6 Å². The molecule has 2 aromatic rings. The molecule has 16 heavy (non-hydrogen) atoms. The van der Waals surface area contributed by atoms with Gasteiger partial charge in [-0.05, 0) is 11.5 Å². The molecule has 0 heterocycles. The molecule has 2 heteroatoms. The molecule has 0 saturated heterocycles. The van der Waals surface area contributed by atoms with Crippen molar-refractivity contribution < 1.29 is 9.90 Å². The van der Waals surface area contributed by atoms with Crippen LogP contribution in [0.5, 0.6) is 5.75 Å². The van der Waals surface area contributed by atoms with Crippen molar-refractivity contribution in [3.05, 3.63) is 42.0 Å². The zero-order valence-corrected chi connectivity index (χ0v) is 8.60. The van der Waals surface area contributed by atoms with Gasteiger partial charge in [-0.15, -0.1) is 0 Å². The molecule has 0 aliphatic heterocycles. The summed E-state index contributed by atoms with van der Waals surface area (Å²) in [5, 5.41) is 11.6. The molecule has 0 fully saturated rings. The minimum Gasteiger partial charge on any atom is -0.507 e. The molecule has 0 aromatic heterocycles. The Balaban J connectivity index is 2.62. The number of carbonyl (C=O) groups excluding carboxylic acids is 1. The zero-order chi connectivity index (χ0) is 11.4. The molecule has 0 spiro atoms. The van der Waals surface area contributed by atoms with E-state index in [1.54, 1.807) is 6.07 Å². The monoisotopic (exact) mass is 210 g/mol. The molecule has 0 amide bonds. The molecule has 2 nitrogen and oxygen atoms in total. The number of aromatic hydroxyl groups is 1. The third-order valence-electron chi connectivity index (χ3n) is 2.31. The van der Waals surface area contributed by atoms with Crippen LogP contribution in [0.15, 0.2) is 36.4 Å². The molecule has 2 rings (SSSR count). The maximum atomic E-state index is 10.2. The van der Waals surface area contributed by atoms with Gasteiger partial charge in [-0.1, -0.05) is 42.2 Å². The number of benzene rings is 2. The lowest BCUT2D eigenvalue weighted by molar-refractivity contribution is -0.107. The highest BCUT2D eigenvalue weighted by Gasteiger charge is 2.02. The Bertz CT molecular complexity index is 588. The first-order valence-corrected chi connectivity index (χ1v) is 4.96. The Labute approximate surface area is 93.5 Å². The van der Waals surface area contributed by atoms with Crippen LogP contribution in [0, 0.1) is 11.8 Å². The number of carbonyl (C=O) groups is 1. The number of fused-ring (bicyclic) bond motifs is 1. The molecule has 78 valence electrons. The molecule has 0 unspecified atom stereocenters. The van der Waals surface area contributed by atoms with Crippen molar-refractivity contribution in [2.45, 2.75) is 6.42 Å².